The van der Waals surface area contributed by atoms with Crippen molar-refractivity contribution in [3.05, 3.63) is 34.9 Å². The molecule has 0 spiro atoms. The highest BCUT2D eigenvalue weighted by Crippen LogP contribution is 2.13. The SMILES string of the molecule is CN=C(NCC1CCCO1)N1CCN(C(=O)Cc2cccc(Cl)c2)CC1. The summed E-state index contributed by atoms with van der Waals surface area (Å²) in [4.78, 5) is 21.0. The number of carbonyl (C=O) groups excluding carboxylic acids is 1. The average Bonchev–Trinajstić information content (AvgIpc) is 3.16. The lowest BCUT2D eigenvalue weighted by atomic mass is 10.1. The van der Waals surface area contributed by atoms with E-state index in [1.165, 1.54) is 0 Å². The normalized spacial score (nSPS) is 21.2. The molecule has 3 rings (SSSR count). The third kappa shape index (κ3) is 5.11. The second kappa shape index (κ2) is 9.24. The van der Waals surface area contributed by atoms with Gasteiger partial charge in [0.25, 0.3) is 0 Å². The zero-order chi connectivity index (χ0) is 18.4. The fourth-order valence-corrected chi connectivity index (χ4v) is 3.66. The number of rotatable bonds is 4. The van der Waals surface area contributed by atoms with Crippen LogP contribution in [-0.2, 0) is 16.0 Å². The maximum absolute atomic E-state index is 12.5. The summed E-state index contributed by atoms with van der Waals surface area (Å²) in [6.45, 7) is 4.64. The Hall–Kier alpha value is -1.79. The quantitative estimate of drug-likeness (QED) is 0.641. The molecule has 2 aliphatic rings. The highest BCUT2D eigenvalue weighted by Gasteiger charge is 2.24. The number of amides is 1. The molecule has 7 heteroatoms. The maximum atomic E-state index is 12.5. The Labute approximate surface area is 160 Å². The second-order valence-corrected chi connectivity index (χ2v) is 7.17. The van der Waals surface area contributed by atoms with E-state index in [9.17, 15) is 4.79 Å². The van der Waals surface area contributed by atoms with Crippen LogP contribution in [0.3, 0.4) is 0 Å². The third-order valence-electron chi connectivity index (χ3n) is 4.90. The van der Waals surface area contributed by atoms with Gasteiger partial charge < -0.3 is 19.9 Å². The molecule has 1 aromatic rings. The standard InChI is InChI=1S/C19H27ClN4O2/c1-21-19(22-14-17-6-3-11-26-17)24-9-7-23(8-10-24)18(25)13-15-4-2-5-16(20)12-15/h2,4-5,12,17H,3,6-11,13-14H2,1H3,(H,21,22). The Balaban J connectivity index is 1.45. The van der Waals surface area contributed by atoms with Crippen molar-refractivity contribution in [3.63, 3.8) is 0 Å². The molecule has 1 amide bonds. The molecule has 0 radical (unpaired) electrons. The Morgan fingerprint density at radius 2 is 2.08 bits per heavy atom. The van der Waals surface area contributed by atoms with Gasteiger partial charge in [-0.2, -0.15) is 0 Å². The minimum absolute atomic E-state index is 0.147. The van der Waals surface area contributed by atoms with Crippen molar-refractivity contribution in [1.29, 1.82) is 0 Å². The summed E-state index contributed by atoms with van der Waals surface area (Å²) in [5.41, 5.74) is 0.957. The Kier molecular flexibility index (Phi) is 6.74. The predicted octanol–water partition coefficient (Wildman–Crippen LogP) is 1.78. The van der Waals surface area contributed by atoms with Gasteiger partial charge in [-0.05, 0) is 30.5 Å². The first-order chi connectivity index (χ1) is 12.7. The molecule has 2 aliphatic heterocycles. The van der Waals surface area contributed by atoms with Gasteiger partial charge in [0.1, 0.15) is 0 Å². The molecule has 0 aromatic heterocycles. The Bertz CT molecular complexity index is 638. The van der Waals surface area contributed by atoms with E-state index >= 15 is 0 Å². The molecule has 2 heterocycles. The molecule has 2 fully saturated rings. The van der Waals surface area contributed by atoms with Crippen molar-refractivity contribution in [3.8, 4) is 0 Å². The molecule has 1 unspecified atom stereocenters. The number of halogens is 1. The number of nitrogens with zero attached hydrogens (tertiary/aromatic N) is 3. The maximum Gasteiger partial charge on any atom is 0.227 e. The van der Waals surface area contributed by atoms with E-state index in [0.717, 1.165) is 50.6 Å². The van der Waals surface area contributed by atoms with Crippen LogP contribution in [0.25, 0.3) is 0 Å². The second-order valence-electron chi connectivity index (χ2n) is 6.74. The summed E-state index contributed by atoms with van der Waals surface area (Å²) in [7, 11) is 1.80. The minimum atomic E-state index is 0.147. The van der Waals surface area contributed by atoms with Crippen LogP contribution in [-0.4, -0.2) is 74.1 Å². The van der Waals surface area contributed by atoms with Gasteiger partial charge in [0, 0.05) is 51.4 Å². The van der Waals surface area contributed by atoms with Crippen LogP contribution in [0.5, 0.6) is 0 Å². The van der Waals surface area contributed by atoms with Gasteiger partial charge in [0.15, 0.2) is 5.96 Å². The van der Waals surface area contributed by atoms with E-state index in [0.29, 0.717) is 24.5 Å². The van der Waals surface area contributed by atoms with Crippen LogP contribution < -0.4 is 5.32 Å². The van der Waals surface area contributed by atoms with Crippen molar-refractivity contribution in [2.24, 2.45) is 4.99 Å². The van der Waals surface area contributed by atoms with Crippen LogP contribution in [0.4, 0.5) is 0 Å². The minimum Gasteiger partial charge on any atom is -0.376 e. The fraction of sp³-hybridized carbons (Fsp3) is 0.579. The van der Waals surface area contributed by atoms with E-state index in [-0.39, 0.29) is 12.0 Å². The highest BCUT2D eigenvalue weighted by molar-refractivity contribution is 6.30. The Morgan fingerprint density at radius 3 is 2.73 bits per heavy atom. The van der Waals surface area contributed by atoms with Gasteiger partial charge in [-0.3, -0.25) is 9.79 Å². The molecule has 26 heavy (non-hydrogen) atoms. The number of ether oxygens (including phenoxy) is 1. The van der Waals surface area contributed by atoms with Crippen LogP contribution in [0.1, 0.15) is 18.4 Å². The van der Waals surface area contributed by atoms with Crippen molar-refractivity contribution in [2.45, 2.75) is 25.4 Å². The van der Waals surface area contributed by atoms with Gasteiger partial charge in [-0.25, -0.2) is 0 Å². The lowest BCUT2D eigenvalue weighted by Crippen LogP contribution is -2.54. The summed E-state index contributed by atoms with van der Waals surface area (Å²) >= 11 is 6.00. The first kappa shape index (κ1) is 19.0. The number of piperazine rings is 1. The number of nitrogens with one attached hydrogen (secondary N) is 1. The Morgan fingerprint density at radius 1 is 1.31 bits per heavy atom. The molecule has 0 bridgehead atoms. The van der Waals surface area contributed by atoms with Gasteiger partial charge >= 0.3 is 0 Å². The van der Waals surface area contributed by atoms with E-state index < -0.39 is 0 Å². The molecule has 1 N–H and O–H groups in total. The number of guanidine groups is 1. The molecule has 0 saturated carbocycles. The number of benzene rings is 1. The zero-order valence-corrected chi connectivity index (χ0v) is 16.0. The average molecular weight is 379 g/mol. The summed E-state index contributed by atoms with van der Waals surface area (Å²) in [5, 5.41) is 4.07. The lowest BCUT2D eigenvalue weighted by molar-refractivity contribution is -0.131. The fourth-order valence-electron chi connectivity index (χ4n) is 3.44. The van der Waals surface area contributed by atoms with Crippen LogP contribution in [0, 0.1) is 0 Å². The first-order valence-electron chi connectivity index (χ1n) is 9.25. The van der Waals surface area contributed by atoms with Gasteiger partial charge in [-0.1, -0.05) is 23.7 Å². The summed E-state index contributed by atoms with van der Waals surface area (Å²) in [6, 6.07) is 7.50. The number of hydrogen-bond donors (Lipinski definition) is 1. The molecular weight excluding hydrogens is 352 g/mol. The monoisotopic (exact) mass is 378 g/mol. The largest absolute Gasteiger partial charge is 0.376 e. The first-order valence-corrected chi connectivity index (χ1v) is 9.63. The van der Waals surface area contributed by atoms with E-state index in [4.69, 9.17) is 16.3 Å². The van der Waals surface area contributed by atoms with E-state index in [1.807, 2.05) is 29.2 Å². The van der Waals surface area contributed by atoms with Gasteiger partial charge in [-0.15, -0.1) is 0 Å². The molecule has 142 valence electrons. The van der Waals surface area contributed by atoms with Gasteiger partial charge in [0.05, 0.1) is 12.5 Å². The third-order valence-corrected chi connectivity index (χ3v) is 5.14. The summed E-state index contributed by atoms with van der Waals surface area (Å²) in [6.07, 6.45) is 2.92. The predicted molar refractivity (Wildman–Crippen MR) is 104 cm³/mol. The molecule has 0 aliphatic carbocycles. The van der Waals surface area contributed by atoms with Gasteiger partial charge in [0.2, 0.25) is 5.91 Å². The highest BCUT2D eigenvalue weighted by atomic mass is 35.5. The van der Waals surface area contributed by atoms with E-state index in [1.54, 1.807) is 7.05 Å². The number of aliphatic imine (C=N–C) groups is 1. The van der Waals surface area contributed by atoms with Crippen molar-refractivity contribution >= 4 is 23.5 Å². The molecule has 6 nitrogen and oxygen atoms in total. The summed E-state index contributed by atoms with van der Waals surface area (Å²) in [5.74, 6) is 1.04. The number of carbonyl (C=O) groups is 1. The van der Waals surface area contributed by atoms with Crippen LogP contribution >= 0.6 is 11.6 Å². The molecule has 2 saturated heterocycles. The lowest BCUT2D eigenvalue weighted by Gasteiger charge is -2.36. The zero-order valence-electron chi connectivity index (χ0n) is 15.3. The molecule has 1 atom stereocenters. The summed E-state index contributed by atoms with van der Waals surface area (Å²) < 4.78 is 5.65. The smallest absolute Gasteiger partial charge is 0.227 e. The number of hydrogen-bond acceptors (Lipinski definition) is 3. The van der Waals surface area contributed by atoms with Crippen LogP contribution in [0.15, 0.2) is 29.3 Å². The molecular formula is C19H27ClN4O2. The van der Waals surface area contributed by atoms with Crippen molar-refractivity contribution < 1.29 is 9.53 Å². The topological polar surface area (TPSA) is 57.2 Å². The van der Waals surface area contributed by atoms with E-state index in [2.05, 4.69) is 15.2 Å². The van der Waals surface area contributed by atoms with Crippen LogP contribution in [0.2, 0.25) is 5.02 Å². The molecule has 1 aromatic carbocycles. The van der Waals surface area contributed by atoms with Crippen molar-refractivity contribution in [1.82, 2.24) is 15.1 Å². The van der Waals surface area contributed by atoms with Crippen molar-refractivity contribution in [2.75, 3.05) is 46.4 Å².